The Balaban J connectivity index is 2.37. The maximum absolute atomic E-state index is 6.19. The number of hydrogen-bond acceptors (Lipinski definition) is 2. The molecule has 0 heterocycles. The van der Waals surface area contributed by atoms with Crippen LogP contribution in [0.2, 0.25) is 5.02 Å². The van der Waals surface area contributed by atoms with Gasteiger partial charge >= 0.3 is 0 Å². The van der Waals surface area contributed by atoms with Gasteiger partial charge in [0.15, 0.2) is 0 Å². The highest BCUT2D eigenvalue weighted by atomic mass is 35.5. The third-order valence-corrected chi connectivity index (χ3v) is 3.58. The van der Waals surface area contributed by atoms with E-state index in [1.54, 1.807) is 0 Å². The summed E-state index contributed by atoms with van der Waals surface area (Å²) >= 11 is 6.19. The molecule has 0 bridgehead atoms. The monoisotopic (exact) mass is 268 g/mol. The summed E-state index contributed by atoms with van der Waals surface area (Å²) in [4.78, 5) is 2.46. The van der Waals surface area contributed by atoms with Crippen LogP contribution < -0.4 is 5.32 Å². The van der Waals surface area contributed by atoms with Gasteiger partial charge in [0.1, 0.15) is 0 Å². The Bertz CT molecular complexity index is 341. The predicted molar refractivity (Wildman–Crippen MR) is 80.3 cm³/mol. The van der Waals surface area contributed by atoms with Gasteiger partial charge in [0.05, 0.1) is 0 Å². The molecule has 0 aliphatic heterocycles. The molecule has 102 valence electrons. The molecule has 3 heteroatoms. The second kappa shape index (κ2) is 8.52. The fourth-order valence-electron chi connectivity index (χ4n) is 2.12. The second-order valence-electron chi connectivity index (χ2n) is 4.63. The van der Waals surface area contributed by atoms with Crippen molar-refractivity contribution in [3.63, 3.8) is 0 Å². The number of halogens is 1. The normalized spacial score (nSPS) is 12.9. The van der Waals surface area contributed by atoms with E-state index in [1.807, 2.05) is 18.2 Å². The predicted octanol–water partition coefficient (Wildman–Crippen LogP) is 3.72. The summed E-state index contributed by atoms with van der Waals surface area (Å²) in [5.74, 6) is 0. The van der Waals surface area contributed by atoms with Crippen molar-refractivity contribution >= 4 is 11.6 Å². The summed E-state index contributed by atoms with van der Waals surface area (Å²) in [5, 5.41) is 4.38. The summed E-state index contributed by atoms with van der Waals surface area (Å²) < 4.78 is 0. The van der Waals surface area contributed by atoms with Crippen LogP contribution in [0.1, 0.15) is 38.8 Å². The van der Waals surface area contributed by atoms with Crippen LogP contribution in [0.3, 0.4) is 0 Å². The molecule has 1 atom stereocenters. The summed E-state index contributed by atoms with van der Waals surface area (Å²) in [6, 6.07) is 8.35. The molecule has 0 spiro atoms. The van der Waals surface area contributed by atoms with E-state index in [0.717, 1.165) is 24.7 Å². The van der Waals surface area contributed by atoms with E-state index in [4.69, 9.17) is 11.6 Å². The van der Waals surface area contributed by atoms with Crippen molar-refractivity contribution in [2.24, 2.45) is 0 Å². The average molecular weight is 269 g/mol. The maximum atomic E-state index is 6.19. The Morgan fingerprint density at radius 2 is 1.94 bits per heavy atom. The van der Waals surface area contributed by atoms with Gasteiger partial charge in [-0.2, -0.15) is 0 Å². The van der Waals surface area contributed by atoms with Gasteiger partial charge in [0.25, 0.3) is 0 Å². The highest BCUT2D eigenvalue weighted by molar-refractivity contribution is 6.31. The van der Waals surface area contributed by atoms with Gasteiger partial charge in [-0.1, -0.05) is 43.6 Å². The van der Waals surface area contributed by atoms with E-state index in [9.17, 15) is 0 Å². The Labute approximate surface area is 116 Å². The number of nitrogens with zero attached hydrogens (tertiary/aromatic N) is 1. The average Bonchev–Trinajstić information content (AvgIpc) is 2.38. The van der Waals surface area contributed by atoms with Gasteiger partial charge in [-0.25, -0.2) is 0 Å². The molecule has 1 rings (SSSR count). The first-order valence-electron chi connectivity index (χ1n) is 6.89. The van der Waals surface area contributed by atoms with Gasteiger partial charge < -0.3 is 10.2 Å². The molecular weight excluding hydrogens is 244 g/mol. The molecule has 0 saturated heterocycles. The Hall–Kier alpha value is -0.570. The zero-order valence-electron chi connectivity index (χ0n) is 11.7. The molecule has 0 radical (unpaired) electrons. The van der Waals surface area contributed by atoms with E-state index < -0.39 is 0 Å². The minimum Gasteiger partial charge on any atom is -0.309 e. The van der Waals surface area contributed by atoms with Crippen LogP contribution >= 0.6 is 11.6 Å². The van der Waals surface area contributed by atoms with Gasteiger partial charge in [-0.3, -0.25) is 0 Å². The molecule has 18 heavy (non-hydrogen) atoms. The lowest BCUT2D eigenvalue weighted by Gasteiger charge is -2.22. The van der Waals surface area contributed by atoms with Crippen LogP contribution in [0.25, 0.3) is 0 Å². The number of hydrogen-bond donors (Lipinski definition) is 1. The van der Waals surface area contributed by atoms with Crippen molar-refractivity contribution in [2.45, 2.75) is 33.2 Å². The zero-order chi connectivity index (χ0) is 13.4. The van der Waals surface area contributed by atoms with Crippen molar-refractivity contribution in [2.75, 3.05) is 26.2 Å². The largest absolute Gasteiger partial charge is 0.309 e. The molecule has 1 aromatic rings. The van der Waals surface area contributed by atoms with Crippen LogP contribution in [0.5, 0.6) is 0 Å². The molecular formula is C15H25ClN2. The van der Waals surface area contributed by atoms with E-state index in [-0.39, 0.29) is 0 Å². The van der Waals surface area contributed by atoms with Gasteiger partial charge in [-0.05, 0) is 38.1 Å². The smallest absolute Gasteiger partial charge is 0.0453 e. The lowest BCUT2D eigenvalue weighted by molar-refractivity contribution is 0.284. The first kappa shape index (κ1) is 15.5. The third kappa shape index (κ3) is 4.97. The highest BCUT2D eigenvalue weighted by Gasteiger charge is 2.08. The summed E-state index contributed by atoms with van der Waals surface area (Å²) in [5.41, 5.74) is 1.18. The summed E-state index contributed by atoms with van der Waals surface area (Å²) in [7, 11) is 0. The Morgan fingerprint density at radius 3 is 2.56 bits per heavy atom. The number of likely N-dealkylation sites (N-methyl/N-ethyl adjacent to an activating group) is 1. The standard InChI is InChI=1S/C15H25ClN2/c1-4-11-18(5-2)12-10-17-13(3)14-8-6-7-9-15(14)16/h6-9,13,17H,4-5,10-12H2,1-3H3. The SMILES string of the molecule is CCCN(CC)CCNC(C)c1ccccc1Cl. The fraction of sp³-hybridized carbons (Fsp3) is 0.600. The first-order valence-corrected chi connectivity index (χ1v) is 7.27. The molecule has 1 N–H and O–H groups in total. The molecule has 0 fully saturated rings. The van der Waals surface area contributed by atoms with E-state index in [0.29, 0.717) is 6.04 Å². The number of nitrogens with one attached hydrogen (secondary N) is 1. The molecule has 0 aromatic heterocycles. The van der Waals surface area contributed by atoms with Crippen molar-refractivity contribution in [3.05, 3.63) is 34.9 Å². The molecule has 0 aliphatic carbocycles. The minimum absolute atomic E-state index is 0.305. The quantitative estimate of drug-likeness (QED) is 0.773. The molecule has 1 unspecified atom stereocenters. The molecule has 0 amide bonds. The highest BCUT2D eigenvalue weighted by Crippen LogP contribution is 2.21. The van der Waals surface area contributed by atoms with E-state index >= 15 is 0 Å². The van der Waals surface area contributed by atoms with Crippen LogP contribution in [0, 0.1) is 0 Å². The zero-order valence-corrected chi connectivity index (χ0v) is 12.5. The van der Waals surface area contributed by atoms with Gasteiger partial charge in [0.2, 0.25) is 0 Å². The van der Waals surface area contributed by atoms with Gasteiger partial charge in [0, 0.05) is 24.2 Å². The molecule has 1 aromatic carbocycles. The minimum atomic E-state index is 0.305. The van der Waals surface area contributed by atoms with Crippen molar-refractivity contribution < 1.29 is 0 Å². The summed E-state index contributed by atoms with van der Waals surface area (Å²) in [6.07, 6.45) is 1.22. The number of benzene rings is 1. The Kier molecular flexibility index (Phi) is 7.33. The van der Waals surface area contributed by atoms with Gasteiger partial charge in [-0.15, -0.1) is 0 Å². The van der Waals surface area contributed by atoms with E-state index in [2.05, 4.69) is 37.1 Å². The molecule has 0 aliphatic rings. The lowest BCUT2D eigenvalue weighted by Crippen LogP contribution is -2.33. The summed E-state index contributed by atoms with van der Waals surface area (Å²) in [6.45, 7) is 11.0. The van der Waals surface area contributed by atoms with Crippen molar-refractivity contribution in [3.8, 4) is 0 Å². The third-order valence-electron chi connectivity index (χ3n) is 3.24. The topological polar surface area (TPSA) is 15.3 Å². The van der Waals surface area contributed by atoms with Crippen LogP contribution in [0.15, 0.2) is 24.3 Å². The maximum Gasteiger partial charge on any atom is 0.0453 e. The molecule has 0 saturated carbocycles. The van der Waals surface area contributed by atoms with Crippen LogP contribution in [-0.2, 0) is 0 Å². The fourth-order valence-corrected chi connectivity index (χ4v) is 2.42. The van der Waals surface area contributed by atoms with Crippen LogP contribution in [0.4, 0.5) is 0 Å². The second-order valence-corrected chi connectivity index (χ2v) is 5.04. The lowest BCUT2D eigenvalue weighted by atomic mass is 10.1. The first-order chi connectivity index (χ1) is 8.69. The Morgan fingerprint density at radius 1 is 1.22 bits per heavy atom. The van der Waals surface area contributed by atoms with Crippen molar-refractivity contribution in [1.29, 1.82) is 0 Å². The molecule has 2 nitrogen and oxygen atoms in total. The van der Waals surface area contributed by atoms with E-state index in [1.165, 1.54) is 18.5 Å². The number of rotatable bonds is 8. The van der Waals surface area contributed by atoms with Crippen LogP contribution in [-0.4, -0.2) is 31.1 Å². The van der Waals surface area contributed by atoms with Crippen molar-refractivity contribution in [1.82, 2.24) is 10.2 Å².